The molecule has 0 heterocycles. The van der Waals surface area contributed by atoms with Crippen LogP contribution in [0.5, 0.6) is 0 Å². The van der Waals surface area contributed by atoms with E-state index in [9.17, 15) is 0 Å². The largest absolute Gasteiger partial charge is 0.310 e. The summed E-state index contributed by atoms with van der Waals surface area (Å²) in [6, 6.07) is 19.7. The molecule has 2 heteroatoms. The SMILES string of the molecule is CCNC(CCc1cccc(Br)c1)c1ccccc1. The number of aryl methyl sites for hydroxylation is 1. The highest BCUT2D eigenvalue weighted by Gasteiger charge is 2.09. The Bertz CT molecular complexity index is 496. The van der Waals surface area contributed by atoms with Gasteiger partial charge in [-0.15, -0.1) is 0 Å². The number of nitrogens with one attached hydrogen (secondary N) is 1. The standard InChI is InChI=1S/C17H20BrN/c1-2-19-17(15-8-4-3-5-9-15)12-11-14-7-6-10-16(18)13-14/h3-10,13,17,19H,2,11-12H2,1H3. The van der Waals surface area contributed by atoms with Crippen LogP contribution in [0, 0.1) is 0 Å². The van der Waals surface area contributed by atoms with E-state index in [4.69, 9.17) is 0 Å². The molecule has 19 heavy (non-hydrogen) atoms. The minimum Gasteiger partial charge on any atom is -0.310 e. The fourth-order valence-corrected chi connectivity index (χ4v) is 2.77. The van der Waals surface area contributed by atoms with Crippen LogP contribution in [0.15, 0.2) is 59.1 Å². The van der Waals surface area contributed by atoms with Crippen molar-refractivity contribution in [1.29, 1.82) is 0 Å². The van der Waals surface area contributed by atoms with E-state index < -0.39 is 0 Å². The first-order chi connectivity index (χ1) is 9.29. The molecule has 100 valence electrons. The number of halogens is 1. The van der Waals surface area contributed by atoms with E-state index >= 15 is 0 Å². The van der Waals surface area contributed by atoms with Gasteiger partial charge in [0.1, 0.15) is 0 Å². The van der Waals surface area contributed by atoms with Crippen LogP contribution in [0.1, 0.15) is 30.5 Å². The molecule has 1 atom stereocenters. The van der Waals surface area contributed by atoms with Crippen LogP contribution in [0.25, 0.3) is 0 Å². The average Bonchev–Trinajstić information content (AvgIpc) is 2.44. The van der Waals surface area contributed by atoms with Crippen LogP contribution >= 0.6 is 15.9 Å². The molecule has 0 aliphatic heterocycles. The minimum absolute atomic E-state index is 0.435. The third-order valence-corrected chi connectivity index (χ3v) is 3.76. The second kappa shape index (κ2) is 7.46. The van der Waals surface area contributed by atoms with E-state index in [2.05, 4.69) is 82.8 Å². The molecule has 0 fully saturated rings. The van der Waals surface area contributed by atoms with Gasteiger partial charge < -0.3 is 5.32 Å². The summed E-state index contributed by atoms with van der Waals surface area (Å²) in [6.07, 6.45) is 2.21. The number of hydrogen-bond acceptors (Lipinski definition) is 1. The highest BCUT2D eigenvalue weighted by Crippen LogP contribution is 2.20. The van der Waals surface area contributed by atoms with Crippen LogP contribution in [-0.2, 0) is 6.42 Å². The van der Waals surface area contributed by atoms with Crippen LogP contribution in [0.2, 0.25) is 0 Å². The zero-order chi connectivity index (χ0) is 13.5. The number of benzene rings is 2. The Morgan fingerprint density at radius 2 is 1.84 bits per heavy atom. The number of rotatable bonds is 6. The molecule has 0 bridgehead atoms. The second-order valence-electron chi connectivity index (χ2n) is 4.69. The van der Waals surface area contributed by atoms with E-state index in [1.165, 1.54) is 11.1 Å². The lowest BCUT2D eigenvalue weighted by Crippen LogP contribution is -2.21. The predicted octanol–water partition coefficient (Wildman–Crippen LogP) is 4.73. The van der Waals surface area contributed by atoms with Crippen molar-refractivity contribution in [3.05, 3.63) is 70.2 Å². The van der Waals surface area contributed by atoms with Crippen molar-refractivity contribution in [3.8, 4) is 0 Å². The summed E-state index contributed by atoms with van der Waals surface area (Å²) in [5, 5.41) is 3.57. The van der Waals surface area contributed by atoms with E-state index in [1.54, 1.807) is 0 Å². The molecule has 1 N–H and O–H groups in total. The van der Waals surface area contributed by atoms with Gasteiger partial charge in [-0.05, 0) is 42.6 Å². The lowest BCUT2D eigenvalue weighted by atomic mass is 9.99. The molecular weight excluding hydrogens is 298 g/mol. The molecule has 0 aliphatic carbocycles. The van der Waals surface area contributed by atoms with Gasteiger partial charge in [-0.25, -0.2) is 0 Å². The van der Waals surface area contributed by atoms with Gasteiger partial charge in [-0.3, -0.25) is 0 Å². The van der Waals surface area contributed by atoms with Crippen LogP contribution in [0.4, 0.5) is 0 Å². The Morgan fingerprint density at radius 1 is 1.05 bits per heavy atom. The van der Waals surface area contributed by atoms with Crippen LogP contribution in [-0.4, -0.2) is 6.54 Å². The van der Waals surface area contributed by atoms with Gasteiger partial charge in [0.05, 0.1) is 0 Å². The molecule has 2 aromatic rings. The molecule has 0 radical (unpaired) electrons. The smallest absolute Gasteiger partial charge is 0.0323 e. The summed E-state index contributed by atoms with van der Waals surface area (Å²) in [5.74, 6) is 0. The summed E-state index contributed by atoms with van der Waals surface area (Å²) in [6.45, 7) is 3.16. The molecule has 2 aromatic carbocycles. The summed E-state index contributed by atoms with van der Waals surface area (Å²) in [4.78, 5) is 0. The Balaban J connectivity index is 2.01. The van der Waals surface area contributed by atoms with Gasteiger partial charge in [0.15, 0.2) is 0 Å². The topological polar surface area (TPSA) is 12.0 Å². The quantitative estimate of drug-likeness (QED) is 0.812. The van der Waals surface area contributed by atoms with Crippen LogP contribution < -0.4 is 5.32 Å². The van der Waals surface area contributed by atoms with Gasteiger partial charge in [0, 0.05) is 10.5 Å². The van der Waals surface area contributed by atoms with Crippen molar-refractivity contribution in [1.82, 2.24) is 5.32 Å². The maximum atomic E-state index is 3.57. The van der Waals surface area contributed by atoms with Gasteiger partial charge >= 0.3 is 0 Å². The second-order valence-corrected chi connectivity index (χ2v) is 5.61. The third-order valence-electron chi connectivity index (χ3n) is 3.26. The van der Waals surface area contributed by atoms with E-state index in [0.29, 0.717) is 6.04 Å². The molecule has 1 nitrogen and oxygen atoms in total. The Morgan fingerprint density at radius 3 is 2.53 bits per heavy atom. The van der Waals surface area contributed by atoms with Crippen molar-refractivity contribution in [2.45, 2.75) is 25.8 Å². The van der Waals surface area contributed by atoms with E-state index in [-0.39, 0.29) is 0 Å². The van der Waals surface area contributed by atoms with Crippen molar-refractivity contribution in [2.24, 2.45) is 0 Å². The summed E-state index contributed by atoms with van der Waals surface area (Å²) in [7, 11) is 0. The molecule has 0 aromatic heterocycles. The Labute approximate surface area is 124 Å². The molecule has 0 amide bonds. The minimum atomic E-state index is 0.435. The van der Waals surface area contributed by atoms with Gasteiger partial charge in [-0.2, -0.15) is 0 Å². The first-order valence-electron chi connectivity index (χ1n) is 6.82. The molecule has 0 spiro atoms. The van der Waals surface area contributed by atoms with Crippen molar-refractivity contribution < 1.29 is 0 Å². The number of hydrogen-bond donors (Lipinski definition) is 1. The molecule has 1 unspecified atom stereocenters. The lowest BCUT2D eigenvalue weighted by molar-refractivity contribution is 0.515. The van der Waals surface area contributed by atoms with Crippen molar-refractivity contribution >= 4 is 15.9 Å². The maximum Gasteiger partial charge on any atom is 0.0323 e. The summed E-state index contributed by atoms with van der Waals surface area (Å²) in [5.41, 5.74) is 2.76. The molecular formula is C17H20BrN. The molecule has 2 rings (SSSR count). The monoisotopic (exact) mass is 317 g/mol. The highest BCUT2D eigenvalue weighted by atomic mass is 79.9. The van der Waals surface area contributed by atoms with E-state index in [1.807, 2.05) is 0 Å². The van der Waals surface area contributed by atoms with Crippen molar-refractivity contribution in [2.75, 3.05) is 6.54 Å². The molecule has 0 saturated carbocycles. The van der Waals surface area contributed by atoms with Gasteiger partial charge in [-0.1, -0.05) is 65.3 Å². The first kappa shape index (κ1) is 14.3. The van der Waals surface area contributed by atoms with Gasteiger partial charge in [0.25, 0.3) is 0 Å². The highest BCUT2D eigenvalue weighted by molar-refractivity contribution is 9.10. The Hall–Kier alpha value is -1.12. The van der Waals surface area contributed by atoms with Crippen LogP contribution in [0.3, 0.4) is 0 Å². The maximum absolute atomic E-state index is 3.57. The zero-order valence-electron chi connectivity index (χ0n) is 11.3. The van der Waals surface area contributed by atoms with Gasteiger partial charge in [0.2, 0.25) is 0 Å². The normalized spacial score (nSPS) is 12.3. The summed E-state index contributed by atoms with van der Waals surface area (Å²) >= 11 is 3.53. The molecule has 0 saturated heterocycles. The van der Waals surface area contributed by atoms with E-state index in [0.717, 1.165) is 23.9 Å². The predicted molar refractivity (Wildman–Crippen MR) is 85.3 cm³/mol. The van der Waals surface area contributed by atoms with Crippen molar-refractivity contribution in [3.63, 3.8) is 0 Å². The third kappa shape index (κ3) is 4.48. The first-order valence-corrected chi connectivity index (χ1v) is 7.61. The summed E-state index contributed by atoms with van der Waals surface area (Å²) < 4.78 is 1.16. The average molecular weight is 318 g/mol. The fourth-order valence-electron chi connectivity index (χ4n) is 2.32. The Kier molecular flexibility index (Phi) is 5.62. The molecule has 0 aliphatic rings. The lowest BCUT2D eigenvalue weighted by Gasteiger charge is -2.18. The zero-order valence-corrected chi connectivity index (χ0v) is 12.9. The fraction of sp³-hybridized carbons (Fsp3) is 0.294.